The lowest BCUT2D eigenvalue weighted by atomic mass is 9.99. The molecule has 23 heavy (non-hydrogen) atoms. The van der Waals surface area contributed by atoms with Gasteiger partial charge in [-0.3, -0.25) is 10.1 Å². The van der Waals surface area contributed by atoms with Gasteiger partial charge in [0.2, 0.25) is 0 Å². The highest BCUT2D eigenvalue weighted by atomic mass is 16.6. The van der Waals surface area contributed by atoms with Gasteiger partial charge in [0.25, 0.3) is 5.69 Å². The topological polar surface area (TPSA) is 162 Å². The summed E-state index contributed by atoms with van der Waals surface area (Å²) < 4.78 is 5.30. The number of aliphatic hydroxyl groups is 3. The van der Waals surface area contributed by atoms with Crippen LogP contribution in [-0.4, -0.2) is 62.0 Å². The molecule has 1 heterocycles. The Morgan fingerprint density at radius 2 is 1.87 bits per heavy atom. The summed E-state index contributed by atoms with van der Waals surface area (Å²) in [5, 5.41) is 51.7. The fourth-order valence-corrected chi connectivity index (χ4v) is 2.26. The molecule has 126 valence electrons. The van der Waals surface area contributed by atoms with Gasteiger partial charge in [-0.25, -0.2) is 4.79 Å². The Balaban J connectivity index is 2.28. The van der Waals surface area contributed by atoms with Crippen molar-refractivity contribution in [1.29, 1.82) is 0 Å². The van der Waals surface area contributed by atoms with Gasteiger partial charge in [0.1, 0.15) is 18.3 Å². The molecule has 0 radical (unpaired) electrons. The lowest BCUT2D eigenvalue weighted by Gasteiger charge is -2.39. The number of nitro groups is 1. The Labute approximate surface area is 130 Å². The zero-order chi connectivity index (χ0) is 17.3. The predicted octanol–water partition coefficient (Wildman–Crippen LogP) is -0.468. The fraction of sp³-hybridized carbons (Fsp3) is 0.462. The SMILES string of the molecule is C[C@@H]1O[C@@H](Nc2cc(C(=O)O)cc([N+](=O)[O-])c2)[C@@H](O)[C@@H](O)[C@H]1O. The molecule has 0 saturated carbocycles. The van der Waals surface area contributed by atoms with E-state index in [9.17, 15) is 30.2 Å². The number of carboxylic acids is 1. The quantitative estimate of drug-likeness (QED) is 0.363. The molecule has 0 amide bonds. The number of aromatic carboxylic acids is 1. The van der Waals surface area contributed by atoms with Crippen molar-refractivity contribution in [2.24, 2.45) is 0 Å². The largest absolute Gasteiger partial charge is 0.478 e. The zero-order valence-electron chi connectivity index (χ0n) is 12.0. The van der Waals surface area contributed by atoms with Crippen LogP contribution in [0.5, 0.6) is 0 Å². The van der Waals surface area contributed by atoms with Gasteiger partial charge in [-0.2, -0.15) is 0 Å². The van der Waals surface area contributed by atoms with Crippen LogP contribution in [0.2, 0.25) is 0 Å². The maximum atomic E-state index is 11.0. The third kappa shape index (κ3) is 3.56. The minimum atomic E-state index is -1.51. The number of anilines is 1. The van der Waals surface area contributed by atoms with E-state index in [0.717, 1.165) is 18.2 Å². The number of hydrogen-bond acceptors (Lipinski definition) is 8. The van der Waals surface area contributed by atoms with Gasteiger partial charge in [-0.05, 0) is 13.0 Å². The van der Waals surface area contributed by atoms with Crippen molar-refractivity contribution in [3.05, 3.63) is 33.9 Å². The maximum Gasteiger partial charge on any atom is 0.336 e. The molecule has 0 bridgehead atoms. The first kappa shape index (κ1) is 17.1. The average molecular weight is 328 g/mol. The second kappa shape index (κ2) is 6.46. The molecule has 1 saturated heterocycles. The van der Waals surface area contributed by atoms with Crippen molar-refractivity contribution in [1.82, 2.24) is 0 Å². The van der Waals surface area contributed by atoms with Gasteiger partial charge in [-0.15, -0.1) is 0 Å². The molecular weight excluding hydrogens is 312 g/mol. The highest BCUT2D eigenvalue weighted by Crippen LogP contribution is 2.26. The summed E-state index contributed by atoms with van der Waals surface area (Å²) in [5.41, 5.74) is -0.747. The second-order valence-corrected chi connectivity index (χ2v) is 5.21. The first-order valence-corrected chi connectivity index (χ1v) is 6.69. The number of nitrogens with one attached hydrogen (secondary N) is 1. The maximum absolute atomic E-state index is 11.0. The minimum Gasteiger partial charge on any atom is -0.478 e. The third-order valence-electron chi connectivity index (χ3n) is 3.54. The van der Waals surface area contributed by atoms with Crippen LogP contribution in [0.1, 0.15) is 17.3 Å². The Kier molecular flexibility index (Phi) is 4.80. The third-order valence-corrected chi connectivity index (χ3v) is 3.54. The summed E-state index contributed by atoms with van der Waals surface area (Å²) in [5.74, 6) is -1.36. The van der Waals surface area contributed by atoms with Gasteiger partial charge < -0.3 is 30.5 Å². The first-order chi connectivity index (χ1) is 10.7. The number of nitrogens with zero attached hydrogens (tertiary/aromatic N) is 1. The summed E-state index contributed by atoms with van der Waals surface area (Å²) in [4.78, 5) is 21.1. The molecule has 1 aromatic rings. The van der Waals surface area contributed by atoms with Gasteiger partial charge in [-0.1, -0.05) is 0 Å². The van der Waals surface area contributed by atoms with Crippen molar-refractivity contribution in [3.63, 3.8) is 0 Å². The molecule has 10 nitrogen and oxygen atoms in total. The number of non-ortho nitro benzene ring substituents is 1. The first-order valence-electron chi connectivity index (χ1n) is 6.69. The average Bonchev–Trinajstić information content (AvgIpc) is 2.50. The van der Waals surface area contributed by atoms with Gasteiger partial charge >= 0.3 is 5.97 Å². The minimum absolute atomic E-state index is 0.0245. The van der Waals surface area contributed by atoms with E-state index in [1.165, 1.54) is 6.92 Å². The molecule has 0 spiro atoms. The number of benzene rings is 1. The molecule has 0 aromatic heterocycles. The predicted molar refractivity (Wildman–Crippen MR) is 76.0 cm³/mol. The van der Waals surface area contributed by atoms with Crippen LogP contribution in [-0.2, 0) is 4.74 Å². The number of aliphatic hydroxyl groups excluding tert-OH is 3. The molecule has 1 aliphatic rings. The normalized spacial score (nSPS) is 30.7. The summed E-state index contributed by atoms with van der Waals surface area (Å²) in [6.07, 6.45) is -6.25. The van der Waals surface area contributed by atoms with Gasteiger partial charge in [0.05, 0.1) is 16.6 Å². The Morgan fingerprint density at radius 3 is 2.43 bits per heavy atom. The van der Waals surface area contributed by atoms with Crippen LogP contribution in [0, 0.1) is 10.1 Å². The molecule has 0 unspecified atom stereocenters. The van der Waals surface area contributed by atoms with Crippen LogP contribution < -0.4 is 5.32 Å². The second-order valence-electron chi connectivity index (χ2n) is 5.21. The summed E-state index contributed by atoms with van der Waals surface area (Å²) in [7, 11) is 0. The van der Waals surface area contributed by atoms with E-state index in [4.69, 9.17) is 9.84 Å². The number of hydrogen-bond donors (Lipinski definition) is 5. The Morgan fingerprint density at radius 1 is 1.22 bits per heavy atom. The molecule has 5 atom stereocenters. The molecule has 1 aliphatic heterocycles. The molecule has 10 heteroatoms. The highest BCUT2D eigenvalue weighted by Gasteiger charge is 2.41. The number of nitro benzene ring substituents is 1. The van der Waals surface area contributed by atoms with Crippen LogP contribution in [0.25, 0.3) is 0 Å². The smallest absolute Gasteiger partial charge is 0.336 e. The van der Waals surface area contributed by atoms with Crippen LogP contribution in [0.4, 0.5) is 11.4 Å². The fourth-order valence-electron chi connectivity index (χ4n) is 2.26. The van der Waals surface area contributed by atoms with Crippen LogP contribution in [0.15, 0.2) is 18.2 Å². The lowest BCUT2D eigenvalue weighted by Crippen LogP contribution is -2.58. The molecular formula is C13H16N2O8. The number of carboxylic acid groups (broad SMARTS) is 1. The van der Waals surface area contributed by atoms with E-state index in [1.54, 1.807) is 0 Å². The van der Waals surface area contributed by atoms with Gasteiger partial charge in [0, 0.05) is 17.8 Å². The Bertz CT molecular complexity index is 590. The number of rotatable bonds is 4. The molecule has 1 aromatic carbocycles. The van der Waals surface area contributed by atoms with Crippen LogP contribution >= 0.6 is 0 Å². The van der Waals surface area contributed by atoms with Crippen molar-refractivity contribution < 1.29 is 34.9 Å². The summed E-state index contributed by atoms with van der Waals surface area (Å²) >= 11 is 0. The zero-order valence-corrected chi connectivity index (χ0v) is 12.0. The van der Waals surface area contributed by atoms with E-state index >= 15 is 0 Å². The van der Waals surface area contributed by atoms with E-state index in [0.29, 0.717) is 0 Å². The Hall–Kier alpha value is -2.27. The van der Waals surface area contributed by atoms with Gasteiger partial charge in [0.15, 0.2) is 6.23 Å². The number of carbonyl (C=O) groups is 1. The van der Waals surface area contributed by atoms with Crippen molar-refractivity contribution in [2.45, 2.75) is 37.6 Å². The molecule has 0 aliphatic carbocycles. The standard InChI is InChI=1S/C13H16N2O8/c1-5-9(16)10(17)11(18)12(23-5)14-7-2-6(13(19)20)3-8(4-7)15(21)22/h2-5,9-12,14,16-18H,1H3,(H,19,20)/t5-,9-,10-,11-,12+/m0/s1. The van der Waals surface area contributed by atoms with E-state index in [-0.39, 0.29) is 11.3 Å². The van der Waals surface area contributed by atoms with Crippen molar-refractivity contribution >= 4 is 17.3 Å². The molecule has 5 N–H and O–H groups in total. The summed E-state index contributed by atoms with van der Waals surface area (Å²) in [6, 6.07) is 3.10. The lowest BCUT2D eigenvalue weighted by molar-refractivity contribution is -0.384. The monoisotopic (exact) mass is 328 g/mol. The van der Waals surface area contributed by atoms with Crippen molar-refractivity contribution in [2.75, 3.05) is 5.32 Å². The number of ether oxygens (including phenoxy) is 1. The van der Waals surface area contributed by atoms with Crippen LogP contribution in [0.3, 0.4) is 0 Å². The summed E-state index contributed by atoms with van der Waals surface area (Å²) in [6.45, 7) is 1.48. The molecule has 1 fully saturated rings. The highest BCUT2D eigenvalue weighted by molar-refractivity contribution is 5.90. The van der Waals surface area contributed by atoms with E-state index in [1.807, 2.05) is 0 Å². The van der Waals surface area contributed by atoms with E-state index < -0.39 is 47.2 Å². The van der Waals surface area contributed by atoms with E-state index in [2.05, 4.69) is 5.32 Å². The molecule has 2 rings (SSSR count). The van der Waals surface area contributed by atoms with Crippen molar-refractivity contribution in [3.8, 4) is 0 Å².